The quantitative estimate of drug-likeness (QED) is 0.797. The van der Waals surface area contributed by atoms with Gasteiger partial charge in [-0.1, -0.05) is 32.4 Å². The van der Waals surface area contributed by atoms with E-state index < -0.39 is 0 Å². The van der Waals surface area contributed by atoms with Crippen LogP contribution in [0.2, 0.25) is 0 Å². The molecule has 2 heteroatoms. The lowest BCUT2D eigenvalue weighted by Gasteiger charge is -2.44. The van der Waals surface area contributed by atoms with E-state index in [1.807, 2.05) is 6.92 Å². The summed E-state index contributed by atoms with van der Waals surface area (Å²) < 4.78 is 0. The summed E-state index contributed by atoms with van der Waals surface area (Å²) in [5.74, 6) is 0.813. The van der Waals surface area contributed by atoms with Gasteiger partial charge in [0.2, 0.25) is 0 Å². The van der Waals surface area contributed by atoms with E-state index >= 15 is 0 Å². The second-order valence-corrected chi connectivity index (χ2v) is 5.86. The first-order chi connectivity index (χ1) is 7.99. The summed E-state index contributed by atoms with van der Waals surface area (Å²) in [7, 11) is 0. The molecule has 0 amide bonds. The van der Waals surface area contributed by atoms with Gasteiger partial charge in [0.15, 0.2) is 5.78 Å². The molecule has 2 aliphatic carbocycles. The van der Waals surface area contributed by atoms with Crippen LogP contribution in [0.15, 0.2) is 23.3 Å². The second kappa shape index (κ2) is 4.41. The van der Waals surface area contributed by atoms with Crippen molar-refractivity contribution in [3.63, 3.8) is 0 Å². The van der Waals surface area contributed by atoms with Gasteiger partial charge in [-0.25, -0.2) is 0 Å². The summed E-state index contributed by atoms with van der Waals surface area (Å²) in [4.78, 5) is 12.2. The molecule has 0 radical (unpaired) electrons. The van der Waals surface area contributed by atoms with Crippen molar-refractivity contribution in [1.29, 1.82) is 0 Å². The summed E-state index contributed by atoms with van der Waals surface area (Å²) in [6.07, 6.45) is 6.99. The average molecular weight is 234 g/mol. The van der Waals surface area contributed by atoms with Gasteiger partial charge in [0.1, 0.15) is 0 Å². The number of carbonyl (C=O) groups is 1. The lowest BCUT2D eigenvalue weighted by atomic mass is 9.60. The Bertz CT molecular complexity index is 392. The number of fused-ring (bicyclic) bond motifs is 1. The van der Waals surface area contributed by atoms with Gasteiger partial charge in [0.25, 0.3) is 0 Å². The fourth-order valence-electron chi connectivity index (χ4n) is 3.10. The molecule has 1 N–H and O–H groups in total. The topological polar surface area (TPSA) is 37.3 Å². The Balaban J connectivity index is 2.39. The molecule has 0 bridgehead atoms. The lowest BCUT2D eigenvalue weighted by Crippen LogP contribution is -2.37. The van der Waals surface area contributed by atoms with Crippen LogP contribution in [0, 0.1) is 17.3 Å². The standard InChI is InChI=1S/C15H22O2/c1-10(9-16)12-7-14(17)13-6-4-5-11(2)15(13,3)8-12/h6-7,10-11,16H,4-5,8-9H2,1-3H3/t10-,11-,15+/m0/s1. The zero-order valence-electron chi connectivity index (χ0n) is 11.0. The zero-order valence-corrected chi connectivity index (χ0v) is 11.0. The molecule has 2 nitrogen and oxygen atoms in total. The Morgan fingerprint density at radius 1 is 1.59 bits per heavy atom. The van der Waals surface area contributed by atoms with E-state index in [1.54, 1.807) is 6.08 Å². The van der Waals surface area contributed by atoms with Crippen molar-refractivity contribution in [2.24, 2.45) is 17.3 Å². The lowest BCUT2D eigenvalue weighted by molar-refractivity contribution is -0.113. The van der Waals surface area contributed by atoms with Crippen molar-refractivity contribution in [1.82, 2.24) is 0 Å². The highest BCUT2D eigenvalue weighted by Crippen LogP contribution is 2.50. The maximum atomic E-state index is 12.2. The minimum Gasteiger partial charge on any atom is -0.396 e. The number of hydrogen-bond donors (Lipinski definition) is 1. The molecule has 0 aromatic carbocycles. The first-order valence-electron chi connectivity index (χ1n) is 6.55. The molecule has 0 saturated carbocycles. The summed E-state index contributed by atoms with van der Waals surface area (Å²) in [5, 5.41) is 9.25. The highest BCUT2D eigenvalue weighted by Gasteiger charge is 2.43. The van der Waals surface area contributed by atoms with Gasteiger partial charge in [-0.3, -0.25) is 4.79 Å². The molecule has 2 aliphatic rings. The van der Waals surface area contributed by atoms with Crippen molar-refractivity contribution in [3.8, 4) is 0 Å². The highest BCUT2D eigenvalue weighted by atomic mass is 16.3. The third kappa shape index (κ3) is 1.99. The van der Waals surface area contributed by atoms with Crippen LogP contribution in [-0.2, 0) is 4.79 Å². The SMILES string of the molecule is C[C@@H](CO)C1=CC(=O)C2=CCC[C@H](C)[C@@]2(C)C1. The van der Waals surface area contributed by atoms with Crippen LogP contribution in [0.4, 0.5) is 0 Å². The molecule has 0 unspecified atom stereocenters. The Morgan fingerprint density at radius 3 is 2.94 bits per heavy atom. The first kappa shape index (κ1) is 12.6. The molecular formula is C15H22O2. The molecule has 0 fully saturated rings. The summed E-state index contributed by atoms with van der Waals surface area (Å²) in [6.45, 7) is 6.57. The predicted octanol–water partition coefficient (Wildman–Crippen LogP) is 2.88. The monoisotopic (exact) mass is 234 g/mol. The minimum atomic E-state index is -0.0111. The maximum Gasteiger partial charge on any atom is 0.182 e. The van der Waals surface area contributed by atoms with Crippen LogP contribution < -0.4 is 0 Å². The number of hydrogen-bond acceptors (Lipinski definition) is 2. The number of aliphatic hydroxyl groups is 1. The van der Waals surface area contributed by atoms with Gasteiger partial charge in [-0.2, -0.15) is 0 Å². The van der Waals surface area contributed by atoms with Crippen molar-refractivity contribution in [3.05, 3.63) is 23.3 Å². The van der Waals surface area contributed by atoms with Crippen LogP contribution in [-0.4, -0.2) is 17.5 Å². The van der Waals surface area contributed by atoms with E-state index in [9.17, 15) is 9.90 Å². The number of carbonyl (C=O) groups excluding carboxylic acids is 1. The average Bonchev–Trinajstić information content (AvgIpc) is 2.30. The van der Waals surface area contributed by atoms with Crippen LogP contribution >= 0.6 is 0 Å². The molecule has 3 atom stereocenters. The van der Waals surface area contributed by atoms with Crippen molar-refractivity contribution in [2.45, 2.75) is 40.0 Å². The van der Waals surface area contributed by atoms with E-state index in [0.29, 0.717) is 5.92 Å². The number of aliphatic hydroxyl groups excluding tert-OH is 1. The third-order valence-corrected chi connectivity index (χ3v) is 4.71. The van der Waals surface area contributed by atoms with Crippen LogP contribution in [0.25, 0.3) is 0 Å². The van der Waals surface area contributed by atoms with Crippen LogP contribution in [0.1, 0.15) is 40.0 Å². The molecule has 0 heterocycles. The Labute approximate surface area is 103 Å². The fourth-order valence-corrected chi connectivity index (χ4v) is 3.10. The van der Waals surface area contributed by atoms with Gasteiger partial charge in [0.05, 0.1) is 0 Å². The van der Waals surface area contributed by atoms with E-state index in [-0.39, 0.29) is 23.7 Å². The normalized spacial score (nSPS) is 34.8. The molecule has 0 saturated heterocycles. The van der Waals surface area contributed by atoms with Gasteiger partial charge < -0.3 is 5.11 Å². The fraction of sp³-hybridized carbons (Fsp3) is 0.667. The molecular weight excluding hydrogens is 212 g/mol. The van der Waals surface area contributed by atoms with Gasteiger partial charge in [-0.05, 0) is 31.3 Å². The predicted molar refractivity (Wildman–Crippen MR) is 68.5 cm³/mol. The van der Waals surface area contributed by atoms with Crippen molar-refractivity contribution < 1.29 is 9.90 Å². The van der Waals surface area contributed by atoms with E-state index in [4.69, 9.17) is 0 Å². The van der Waals surface area contributed by atoms with E-state index in [2.05, 4.69) is 19.9 Å². The zero-order chi connectivity index (χ0) is 12.6. The second-order valence-electron chi connectivity index (χ2n) is 5.86. The Kier molecular flexibility index (Phi) is 3.26. The largest absolute Gasteiger partial charge is 0.396 e. The number of rotatable bonds is 2. The van der Waals surface area contributed by atoms with Crippen LogP contribution in [0.3, 0.4) is 0 Å². The van der Waals surface area contributed by atoms with Gasteiger partial charge in [0, 0.05) is 23.5 Å². The Morgan fingerprint density at radius 2 is 2.29 bits per heavy atom. The molecule has 2 rings (SSSR count). The number of ketones is 1. The van der Waals surface area contributed by atoms with Crippen molar-refractivity contribution in [2.75, 3.05) is 6.61 Å². The van der Waals surface area contributed by atoms with Gasteiger partial charge >= 0.3 is 0 Å². The molecule has 0 aliphatic heterocycles. The smallest absolute Gasteiger partial charge is 0.182 e. The van der Waals surface area contributed by atoms with E-state index in [1.165, 1.54) is 0 Å². The maximum absolute atomic E-state index is 12.2. The molecule has 0 aromatic rings. The minimum absolute atomic E-state index is 0.0111. The summed E-state index contributed by atoms with van der Waals surface area (Å²) >= 11 is 0. The molecule has 94 valence electrons. The number of allylic oxidation sites excluding steroid dienone is 3. The summed E-state index contributed by atoms with van der Waals surface area (Å²) in [5.41, 5.74) is 2.11. The van der Waals surface area contributed by atoms with Crippen molar-refractivity contribution >= 4 is 5.78 Å². The van der Waals surface area contributed by atoms with E-state index in [0.717, 1.165) is 30.4 Å². The molecule has 17 heavy (non-hydrogen) atoms. The molecule has 0 spiro atoms. The third-order valence-electron chi connectivity index (χ3n) is 4.71. The summed E-state index contributed by atoms with van der Waals surface area (Å²) in [6, 6.07) is 0. The first-order valence-corrected chi connectivity index (χ1v) is 6.55. The highest BCUT2D eigenvalue weighted by molar-refractivity contribution is 6.06. The Hall–Kier alpha value is -0.890. The molecule has 0 aromatic heterocycles. The van der Waals surface area contributed by atoms with Crippen LogP contribution in [0.5, 0.6) is 0 Å². The van der Waals surface area contributed by atoms with Gasteiger partial charge in [-0.15, -0.1) is 0 Å².